The van der Waals surface area contributed by atoms with Gasteiger partial charge in [-0.25, -0.2) is 9.37 Å². The van der Waals surface area contributed by atoms with Gasteiger partial charge in [0.1, 0.15) is 0 Å². The first kappa shape index (κ1) is 22.0. The summed E-state index contributed by atoms with van der Waals surface area (Å²) in [4.78, 5) is 19.2. The minimum absolute atomic E-state index is 0.142. The van der Waals surface area contributed by atoms with Crippen molar-refractivity contribution in [2.24, 2.45) is 0 Å². The maximum atomic E-state index is 12.9. The third-order valence-corrected chi connectivity index (χ3v) is 6.05. The van der Waals surface area contributed by atoms with Gasteiger partial charge in [0.25, 0.3) is 5.91 Å². The van der Waals surface area contributed by atoms with E-state index in [1.807, 2.05) is 24.4 Å². The average molecular weight is 464 g/mol. The SMILES string of the molecule is CC(F)Oc1ccc(NC(=O)c2n[nH]c3ccc(-c4cnn(C5CCN(C)CC5)c4)cc23)cn1. The Morgan fingerprint density at radius 2 is 2.03 bits per heavy atom. The minimum atomic E-state index is -1.46. The van der Waals surface area contributed by atoms with Gasteiger partial charge in [-0.05, 0) is 56.7 Å². The number of rotatable bonds is 6. The third kappa shape index (κ3) is 4.62. The Bertz CT molecular complexity index is 1290. The fourth-order valence-electron chi connectivity index (χ4n) is 4.19. The molecule has 1 aliphatic rings. The highest BCUT2D eigenvalue weighted by Crippen LogP contribution is 2.28. The van der Waals surface area contributed by atoms with Crippen LogP contribution in [0, 0.1) is 0 Å². The van der Waals surface area contributed by atoms with Crippen LogP contribution in [-0.2, 0) is 0 Å². The fourth-order valence-corrected chi connectivity index (χ4v) is 4.19. The van der Waals surface area contributed by atoms with Crippen LogP contribution in [0.25, 0.3) is 22.0 Å². The smallest absolute Gasteiger partial charge is 0.276 e. The van der Waals surface area contributed by atoms with Crippen molar-refractivity contribution in [1.29, 1.82) is 0 Å². The lowest BCUT2D eigenvalue weighted by molar-refractivity contribution is 0.0809. The van der Waals surface area contributed by atoms with Crippen LogP contribution in [0.5, 0.6) is 5.88 Å². The first-order valence-electron chi connectivity index (χ1n) is 11.3. The molecule has 34 heavy (non-hydrogen) atoms. The normalized spacial score (nSPS) is 16.0. The summed E-state index contributed by atoms with van der Waals surface area (Å²) in [7, 11) is 2.14. The van der Waals surface area contributed by atoms with Crippen LogP contribution in [0.4, 0.5) is 10.1 Å². The van der Waals surface area contributed by atoms with Crippen LogP contribution < -0.4 is 10.1 Å². The maximum absolute atomic E-state index is 12.9. The Kier molecular flexibility index (Phi) is 5.97. The van der Waals surface area contributed by atoms with Gasteiger partial charge in [0.15, 0.2) is 5.69 Å². The highest BCUT2D eigenvalue weighted by atomic mass is 19.1. The number of ether oxygens (including phenoxy) is 1. The van der Waals surface area contributed by atoms with Crippen molar-refractivity contribution in [3.05, 3.63) is 54.6 Å². The van der Waals surface area contributed by atoms with E-state index in [0.29, 0.717) is 17.1 Å². The van der Waals surface area contributed by atoms with E-state index in [-0.39, 0.29) is 17.5 Å². The number of carbonyl (C=O) groups is 1. The number of benzene rings is 1. The first-order valence-corrected chi connectivity index (χ1v) is 11.3. The Morgan fingerprint density at radius 1 is 1.21 bits per heavy atom. The molecule has 10 heteroatoms. The number of amides is 1. The van der Waals surface area contributed by atoms with Crippen molar-refractivity contribution in [2.45, 2.75) is 32.2 Å². The van der Waals surface area contributed by atoms with Crippen LogP contribution in [0.1, 0.15) is 36.3 Å². The lowest BCUT2D eigenvalue weighted by Crippen LogP contribution is -2.31. The zero-order valence-corrected chi connectivity index (χ0v) is 19.0. The van der Waals surface area contributed by atoms with Crippen LogP contribution in [0.3, 0.4) is 0 Å². The molecule has 1 aliphatic heterocycles. The summed E-state index contributed by atoms with van der Waals surface area (Å²) in [5.74, 6) is -0.233. The molecule has 1 fully saturated rings. The molecule has 176 valence electrons. The zero-order chi connectivity index (χ0) is 23.7. The number of hydrogen-bond acceptors (Lipinski definition) is 6. The van der Waals surface area contributed by atoms with Gasteiger partial charge < -0.3 is 15.0 Å². The van der Waals surface area contributed by atoms with Crippen LogP contribution in [0.15, 0.2) is 48.9 Å². The number of fused-ring (bicyclic) bond motifs is 1. The van der Waals surface area contributed by atoms with E-state index in [4.69, 9.17) is 4.74 Å². The lowest BCUT2D eigenvalue weighted by Gasteiger charge is -2.28. The van der Waals surface area contributed by atoms with Gasteiger partial charge in [-0.1, -0.05) is 6.07 Å². The van der Waals surface area contributed by atoms with E-state index < -0.39 is 6.36 Å². The largest absolute Gasteiger partial charge is 0.444 e. The van der Waals surface area contributed by atoms with Gasteiger partial charge in [-0.15, -0.1) is 0 Å². The quantitative estimate of drug-likeness (QED) is 0.448. The van der Waals surface area contributed by atoms with E-state index in [2.05, 4.69) is 48.4 Å². The Balaban J connectivity index is 1.34. The van der Waals surface area contributed by atoms with Crippen LogP contribution >= 0.6 is 0 Å². The number of aromatic nitrogens is 5. The molecule has 0 bridgehead atoms. The van der Waals surface area contributed by atoms with Crippen molar-refractivity contribution in [2.75, 3.05) is 25.5 Å². The Hall–Kier alpha value is -3.79. The number of H-pyrrole nitrogens is 1. The molecule has 0 aliphatic carbocycles. The summed E-state index contributed by atoms with van der Waals surface area (Å²) >= 11 is 0. The molecule has 4 aromatic rings. The van der Waals surface area contributed by atoms with E-state index in [1.54, 1.807) is 6.07 Å². The first-order chi connectivity index (χ1) is 16.5. The number of anilines is 1. The lowest BCUT2D eigenvalue weighted by atomic mass is 10.0. The highest BCUT2D eigenvalue weighted by Gasteiger charge is 2.20. The second-order valence-electron chi connectivity index (χ2n) is 8.58. The molecule has 2 N–H and O–H groups in total. The van der Waals surface area contributed by atoms with Gasteiger partial charge in [0.2, 0.25) is 12.2 Å². The topological polar surface area (TPSA) is 101 Å². The predicted molar refractivity (Wildman–Crippen MR) is 126 cm³/mol. The third-order valence-electron chi connectivity index (χ3n) is 6.05. The number of hydrogen-bond donors (Lipinski definition) is 2. The monoisotopic (exact) mass is 463 g/mol. The molecule has 1 aromatic carbocycles. The van der Waals surface area contributed by atoms with Gasteiger partial charge in [0.05, 0.1) is 29.6 Å². The Morgan fingerprint density at radius 3 is 2.76 bits per heavy atom. The maximum Gasteiger partial charge on any atom is 0.276 e. The number of halogens is 1. The summed E-state index contributed by atoms with van der Waals surface area (Å²) < 4.78 is 19.9. The molecule has 1 amide bonds. The van der Waals surface area contributed by atoms with Gasteiger partial charge in [-0.2, -0.15) is 10.2 Å². The number of nitrogens with one attached hydrogen (secondary N) is 2. The van der Waals surface area contributed by atoms with Gasteiger partial charge in [-0.3, -0.25) is 14.6 Å². The molecule has 5 rings (SSSR count). The number of pyridine rings is 1. The molecule has 4 heterocycles. The average Bonchev–Trinajstić information content (AvgIpc) is 3.48. The summed E-state index contributed by atoms with van der Waals surface area (Å²) in [6, 6.07) is 9.35. The van der Waals surface area contributed by atoms with E-state index >= 15 is 0 Å². The molecule has 0 spiro atoms. The summed E-state index contributed by atoms with van der Waals surface area (Å²) in [6.07, 6.45) is 6.05. The second kappa shape index (κ2) is 9.22. The zero-order valence-electron chi connectivity index (χ0n) is 19.0. The van der Waals surface area contributed by atoms with Crippen molar-refractivity contribution in [3.63, 3.8) is 0 Å². The minimum Gasteiger partial charge on any atom is -0.444 e. The number of likely N-dealkylation sites (tertiary alicyclic amines) is 1. The highest BCUT2D eigenvalue weighted by molar-refractivity contribution is 6.11. The molecule has 0 radical (unpaired) electrons. The molecule has 3 aromatic heterocycles. The van der Waals surface area contributed by atoms with Gasteiger partial charge in [0, 0.05) is 30.1 Å². The van der Waals surface area contributed by atoms with Crippen LogP contribution in [0.2, 0.25) is 0 Å². The standard InChI is InChI=1S/C24H26FN7O2/c1-15(25)34-22-6-4-18(13-26-22)28-24(33)23-20-11-16(3-5-21(20)29-30-23)17-12-27-32(14-17)19-7-9-31(2)10-8-19/h3-6,11-15,19H,7-10H2,1-2H3,(H,28,33)(H,29,30). The van der Waals surface area contributed by atoms with E-state index in [9.17, 15) is 9.18 Å². The molecule has 1 unspecified atom stereocenters. The number of aromatic amines is 1. The Labute approximate surface area is 195 Å². The van der Waals surface area contributed by atoms with E-state index in [0.717, 1.165) is 42.6 Å². The molecule has 9 nitrogen and oxygen atoms in total. The van der Waals surface area contributed by atoms with Crippen molar-refractivity contribution >= 4 is 22.5 Å². The van der Waals surface area contributed by atoms with Crippen molar-refractivity contribution in [3.8, 4) is 17.0 Å². The summed E-state index contributed by atoms with van der Waals surface area (Å²) in [6.45, 7) is 3.41. The van der Waals surface area contributed by atoms with Crippen molar-refractivity contribution in [1.82, 2.24) is 29.9 Å². The van der Waals surface area contributed by atoms with Crippen LogP contribution in [-0.4, -0.2) is 62.3 Å². The summed E-state index contributed by atoms with van der Waals surface area (Å²) in [5.41, 5.74) is 3.45. The molecular formula is C24H26FN7O2. The molecule has 0 saturated carbocycles. The fraction of sp³-hybridized carbons (Fsp3) is 0.333. The summed E-state index contributed by atoms with van der Waals surface area (Å²) in [5, 5.41) is 15.2. The molecule has 1 atom stereocenters. The van der Waals surface area contributed by atoms with E-state index in [1.165, 1.54) is 19.2 Å². The number of carbonyl (C=O) groups excluding carboxylic acids is 1. The van der Waals surface area contributed by atoms with Crippen molar-refractivity contribution < 1.29 is 13.9 Å². The molecule has 1 saturated heterocycles. The number of piperidine rings is 1. The number of nitrogens with zero attached hydrogens (tertiary/aromatic N) is 5. The van der Waals surface area contributed by atoms with Gasteiger partial charge >= 0.3 is 0 Å². The number of alkyl halides is 1. The predicted octanol–water partition coefficient (Wildman–Crippen LogP) is 4.03. The second-order valence-corrected chi connectivity index (χ2v) is 8.58. The molecular weight excluding hydrogens is 437 g/mol.